The van der Waals surface area contributed by atoms with E-state index in [-0.39, 0.29) is 35.4 Å². The van der Waals surface area contributed by atoms with Crippen LogP contribution in [0.5, 0.6) is 5.75 Å². The first-order valence-corrected chi connectivity index (χ1v) is 11.3. The second kappa shape index (κ2) is 8.54. The smallest absolute Gasteiger partial charge is 0.251 e. The van der Waals surface area contributed by atoms with Crippen LogP contribution in [0.1, 0.15) is 36.0 Å². The lowest BCUT2D eigenvalue weighted by molar-refractivity contribution is -0.131. The van der Waals surface area contributed by atoms with Gasteiger partial charge in [-0.15, -0.1) is 0 Å². The fourth-order valence-electron chi connectivity index (χ4n) is 5.61. The summed E-state index contributed by atoms with van der Waals surface area (Å²) in [5, 5.41) is 7.17. The molecule has 1 spiro atoms. The number of ether oxygens (including phenoxy) is 2. The molecule has 32 heavy (non-hydrogen) atoms. The van der Waals surface area contributed by atoms with Crippen LogP contribution in [0.2, 0.25) is 0 Å². The summed E-state index contributed by atoms with van der Waals surface area (Å²) in [6.45, 7) is 2.63. The van der Waals surface area contributed by atoms with Crippen molar-refractivity contribution in [1.29, 1.82) is 0 Å². The molecule has 3 aliphatic rings. The van der Waals surface area contributed by atoms with Crippen LogP contribution in [0.3, 0.4) is 0 Å². The van der Waals surface area contributed by atoms with Gasteiger partial charge in [0, 0.05) is 43.5 Å². The normalized spacial score (nSPS) is 28.0. The van der Waals surface area contributed by atoms with Crippen LogP contribution in [-0.4, -0.2) is 69.9 Å². The highest BCUT2D eigenvalue weighted by Gasteiger charge is 2.63. The van der Waals surface area contributed by atoms with Gasteiger partial charge in [0.25, 0.3) is 5.91 Å². The highest BCUT2D eigenvalue weighted by Crippen LogP contribution is 2.54. The molecule has 2 aromatic rings. The molecule has 1 N–H and O–H groups in total. The minimum absolute atomic E-state index is 0.0940. The third-order valence-corrected chi connectivity index (χ3v) is 7.23. The highest BCUT2D eigenvalue weighted by atomic mass is 16.5. The molecule has 3 saturated heterocycles. The standard InChI is InChI=1S/C23H29N5O4/c1-31-17-6-4-16(5-7-17)22(30)25-11-18-19-12-27(13-23(19)9-8-20(18)32-23)21(29)3-2-10-28-15-24-14-26-28/h4-7,14-15,18-20H,2-3,8-13H2,1H3,(H,25,30)/t18-,19+,20+,23+/m0/s1. The van der Waals surface area contributed by atoms with E-state index in [4.69, 9.17) is 9.47 Å². The number of aromatic nitrogens is 3. The van der Waals surface area contributed by atoms with Crippen LogP contribution in [0.15, 0.2) is 36.9 Å². The number of aryl methyl sites for hydroxylation is 1. The number of fused-ring (bicyclic) bond motifs is 1. The quantitative estimate of drug-likeness (QED) is 0.669. The molecular weight excluding hydrogens is 410 g/mol. The zero-order chi connectivity index (χ0) is 22.1. The first kappa shape index (κ1) is 20.9. The number of hydrogen-bond donors (Lipinski definition) is 1. The molecule has 0 saturated carbocycles. The third kappa shape index (κ3) is 3.85. The van der Waals surface area contributed by atoms with Crippen molar-refractivity contribution in [2.45, 2.75) is 43.9 Å². The van der Waals surface area contributed by atoms with Crippen molar-refractivity contribution >= 4 is 11.8 Å². The van der Waals surface area contributed by atoms with Gasteiger partial charge in [-0.25, -0.2) is 4.98 Å². The molecule has 3 fully saturated rings. The number of amides is 2. The van der Waals surface area contributed by atoms with Gasteiger partial charge in [0.05, 0.1) is 25.4 Å². The van der Waals surface area contributed by atoms with E-state index in [1.54, 1.807) is 42.4 Å². The Bertz CT molecular complexity index is 963. The Morgan fingerprint density at radius 1 is 1.31 bits per heavy atom. The van der Waals surface area contributed by atoms with Crippen molar-refractivity contribution in [2.24, 2.45) is 11.8 Å². The lowest BCUT2D eigenvalue weighted by Crippen LogP contribution is -2.41. The monoisotopic (exact) mass is 439 g/mol. The topological polar surface area (TPSA) is 98.6 Å². The first-order chi connectivity index (χ1) is 15.6. The van der Waals surface area contributed by atoms with Gasteiger partial charge < -0.3 is 19.7 Å². The van der Waals surface area contributed by atoms with Crippen molar-refractivity contribution in [3.8, 4) is 5.75 Å². The van der Waals surface area contributed by atoms with Crippen molar-refractivity contribution < 1.29 is 19.1 Å². The Labute approximate surface area is 187 Å². The van der Waals surface area contributed by atoms with E-state index in [0.29, 0.717) is 38.2 Å². The van der Waals surface area contributed by atoms with Crippen molar-refractivity contribution in [3.63, 3.8) is 0 Å². The van der Waals surface area contributed by atoms with Crippen LogP contribution in [-0.2, 0) is 16.1 Å². The Kier molecular flexibility index (Phi) is 5.58. The molecule has 0 radical (unpaired) electrons. The highest BCUT2D eigenvalue weighted by molar-refractivity contribution is 5.94. The molecule has 0 unspecified atom stereocenters. The number of nitrogens with one attached hydrogen (secondary N) is 1. The summed E-state index contributed by atoms with van der Waals surface area (Å²) in [4.78, 5) is 31.3. The van der Waals surface area contributed by atoms with E-state index in [1.165, 1.54) is 6.33 Å². The number of nitrogens with zero attached hydrogens (tertiary/aromatic N) is 4. The van der Waals surface area contributed by atoms with Gasteiger partial charge in [-0.3, -0.25) is 14.3 Å². The van der Waals surface area contributed by atoms with Crippen molar-refractivity contribution in [1.82, 2.24) is 25.0 Å². The molecule has 2 bridgehead atoms. The number of carbonyl (C=O) groups is 2. The number of likely N-dealkylation sites (tertiary alicyclic amines) is 1. The Hall–Kier alpha value is -2.94. The summed E-state index contributed by atoms with van der Waals surface area (Å²) >= 11 is 0. The predicted molar refractivity (Wildman–Crippen MR) is 115 cm³/mol. The maximum absolute atomic E-state index is 12.8. The number of rotatable bonds is 8. The molecule has 1 aromatic carbocycles. The lowest BCUT2D eigenvalue weighted by atomic mass is 9.73. The van der Waals surface area contributed by atoms with E-state index < -0.39 is 0 Å². The Morgan fingerprint density at radius 3 is 2.91 bits per heavy atom. The fraction of sp³-hybridized carbons (Fsp3) is 0.565. The SMILES string of the molecule is COc1ccc(C(=O)NC[C@H]2[C@H]3CN(C(=O)CCCn4cncn4)C[C@]34CC[C@H]2O4)cc1. The molecule has 2 amide bonds. The van der Waals surface area contributed by atoms with Crippen LogP contribution in [0.4, 0.5) is 0 Å². The molecule has 3 aliphatic heterocycles. The molecule has 9 heteroatoms. The summed E-state index contributed by atoms with van der Waals surface area (Å²) < 4.78 is 13.3. The van der Waals surface area contributed by atoms with E-state index in [2.05, 4.69) is 15.4 Å². The number of hydrogen-bond acceptors (Lipinski definition) is 6. The van der Waals surface area contributed by atoms with Gasteiger partial charge in [-0.1, -0.05) is 0 Å². The van der Waals surface area contributed by atoms with Gasteiger partial charge in [0.2, 0.25) is 5.91 Å². The molecule has 1 aromatic heterocycles. The molecule has 170 valence electrons. The molecule has 4 atom stereocenters. The summed E-state index contributed by atoms with van der Waals surface area (Å²) in [7, 11) is 1.60. The molecule has 5 rings (SSSR count). The van der Waals surface area contributed by atoms with E-state index in [0.717, 1.165) is 25.0 Å². The average Bonchev–Trinajstić information content (AvgIpc) is 3.59. The van der Waals surface area contributed by atoms with Crippen molar-refractivity contribution in [3.05, 3.63) is 42.5 Å². The molecular formula is C23H29N5O4. The predicted octanol–water partition coefficient (Wildman–Crippen LogP) is 1.50. The second-order valence-corrected chi connectivity index (χ2v) is 9.00. The summed E-state index contributed by atoms with van der Waals surface area (Å²) in [6.07, 6.45) is 6.56. The zero-order valence-electron chi connectivity index (χ0n) is 18.3. The van der Waals surface area contributed by atoms with Gasteiger partial charge in [0.15, 0.2) is 0 Å². The summed E-state index contributed by atoms with van der Waals surface area (Å²) in [5.41, 5.74) is 0.377. The third-order valence-electron chi connectivity index (χ3n) is 7.23. The van der Waals surface area contributed by atoms with E-state index >= 15 is 0 Å². The lowest BCUT2D eigenvalue weighted by Gasteiger charge is -2.29. The minimum Gasteiger partial charge on any atom is -0.497 e. The Morgan fingerprint density at radius 2 is 2.16 bits per heavy atom. The maximum Gasteiger partial charge on any atom is 0.251 e. The van der Waals surface area contributed by atoms with Gasteiger partial charge in [0.1, 0.15) is 18.4 Å². The second-order valence-electron chi connectivity index (χ2n) is 9.00. The number of benzene rings is 1. The number of methoxy groups -OCH3 is 1. The van der Waals surface area contributed by atoms with Gasteiger partial charge in [-0.05, 0) is 43.5 Å². The summed E-state index contributed by atoms with van der Waals surface area (Å²) in [6, 6.07) is 7.10. The summed E-state index contributed by atoms with van der Waals surface area (Å²) in [5.74, 6) is 1.31. The maximum atomic E-state index is 12.8. The zero-order valence-corrected chi connectivity index (χ0v) is 18.3. The van der Waals surface area contributed by atoms with Crippen LogP contribution < -0.4 is 10.1 Å². The van der Waals surface area contributed by atoms with E-state index in [1.807, 2.05) is 4.90 Å². The Balaban J connectivity index is 1.16. The first-order valence-electron chi connectivity index (χ1n) is 11.3. The van der Waals surface area contributed by atoms with Gasteiger partial charge >= 0.3 is 0 Å². The van der Waals surface area contributed by atoms with E-state index in [9.17, 15) is 9.59 Å². The van der Waals surface area contributed by atoms with Crippen LogP contribution in [0.25, 0.3) is 0 Å². The molecule has 4 heterocycles. The average molecular weight is 440 g/mol. The van der Waals surface area contributed by atoms with Crippen LogP contribution >= 0.6 is 0 Å². The van der Waals surface area contributed by atoms with Crippen LogP contribution in [0, 0.1) is 11.8 Å². The fourth-order valence-corrected chi connectivity index (χ4v) is 5.61. The van der Waals surface area contributed by atoms with Gasteiger partial charge in [-0.2, -0.15) is 5.10 Å². The van der Waals surface area contributed by atoms with Crippen molar-refractivity contribution in [2.75, 3.05) is 26.7 Å². The minimum atomic E-state index is -0.234. The molecule has 0 aliphatic carbocycles. The number of carbonyl (C=O) groups excluding carboxylic acids is 2. The molecule has 9 nitrogen and oxygen atoms in total. The largest absolute Gasteiger partial charge is 0.497 e.